The molecule has 2 unspecified atom stereocenters. The summed E-state index contributed by atoms with van der Waals surface area (Å²) in [4.78, 5) is 2.65. The Bertz CT molecular complexity index is 318. The van der Waals surface area contributed by atoms with Gasteiger partial charge in [0.2, 0.25) is 0 Å². The maximum absolute atomic E-state index is 3.52. The van der Waals surface area contributed by atoms with Crippen LogP contribution < -0.4 is 0 Å². The van der Waals surface area contributed by atoms with Crippen LogP contribution in [0.25, 0.3) is 0 Å². The highest BCUT2D eigenvalue weighted by molar-refractivity contribution is 5.27. The smallest absolute Gasteiger partial charge is 0.0430 e. The molecule has 0 amide bonds. The molecule has 1 saturated heterocycles. The summed E-state index contributed by atoms with van der Waals surface area (Å²) in [6.07, 6.45) is 2.76. The van der Waals surface area contributed by atoms with Gasteiger partial charge in [-0.1, -0.05) is 25.7 Å². The third kappa shape index (κ3) is 2.28. The Balaban J connectivity index is 2.03. The molecule has 0 aromatic carbocycles. The van der Waals surface area contributed by atoms with Crippen molar-refractivity contribution in [1.82, 2.24) is 4.90 Å². The Morgan fingerprint density at radius 2 is 1.69 bits per heavy atom. The molecule has 1 saturated carbocycles. The lowest BCUT2D eigenvalue weighted by atomic mass is 9.97. The Kier molecular flexibility index (Phi) is 2.83. The van der Waals surface area contributed by atoms with Crippen LogP contribution in [0, 0.1) is 28.6 Å². The van der Waals surface area contributed by atoms with E-state index in [0.717, 1.165) is 6.04 Å². The molecule has 1 heteroatoms. The predicted octanol–water partition coefficient (Wildman–Crippen LogP) is 3.16. The number of hydrogen-bond acceptors (Lipinski definition) is 1. The van der Waals surface area contributed by atoms with Crippen LogP contribution in [0.5, 0.6) is 0 Å². The minimum Gasteiger partial charge on any atom is -0.299 e. The SMILES string of the molecule is CC(C)(C)C#CC1C(N2CCCC2)C1(C)C. The zero-order chi connectivity index (χ0) is 12.0. The first-order valence-electron chi connectivity index (χ1n) is 6.59. The molecule has 1 nitrogen and oxygen atoms in total. The molecule has 0 radical (unpaired) electrons. The van der Waals surface area contributed by atoms with Gasteiger partial charge >= 0.3 is 0 Å². The van der Waals surface area contributed by atoms with Crippen molar-refractivity contribution in [3.05, 3.63) is 0 Å². The second-order valence-electron chi connectivity index (χ2n) is 7.01. The van der Waals surface area contributed by atoms with Crippen LogP contribution in [-0.4, -0.2) is 24.0 Å². The zero-order valence-corrected chi connectivity index (χ0v) is 11.4. The largest absolute Gasteiger partial charge is 0.299 e. The molecule has 2 rings (SSSR count). The van der Waals surface area contributed by atoms with E-state index >= 15 is 0 Å². The molecule has 2 atom stereocenters. The number of nitrogens with zero attached hydrogens (tertiary/aromatic N) is 1. The van der Waals surface area contributed by atoms with Gasteiger partial charge < -0.3 is 0 Å². The van der Waals surface area contributed by atoms with Crippen LogP contribution in [0.15, 0.2) is 0 Å². The van der Waals surface area contributed by atoms with Crippen molar-refractivity contribution in [1.29, 1.82) is 0 Å². The van der Waals surface area contributed by atoms with Gasteiger partial charge in [-0.05, 0) is 52.1 Å². The van der Waals surface area contributed by atoms with Crippen LogP contribution in [-0.2, 0) is 0 Å². The van der Waals surface area contributed by atoms with E-state index in [1.54, 1.807) is 0 Å². The van der Waals surface area contributed by atoms with E-state index in [-0.39, 0.29) is 5.41 Å². The highest BCUT2D eigenvalue weighted by Gasteiger charge is 2.60. The van der Waals surface area contributed by atoms with Crippen molar-refractivity contribution in [2.45, 2.75) is 53.5 Å². The van der Waals surface area contributed by atoms with Crippen molar-refractivity contribution in [3.8, 4) is 11.8 Å². The van der Waals surface area contributed by atoms with Crippen molar-refractivity contribution in [2.75, 3.05) is 13.1 Å². The average Bonchev–Trinajstić information content (AvgIpc) is 2.54. The molecule has 2 aliphatic rings. The van der Waals surface area contributed by atoms with Crippen LogP contribution in [0.3, 0.4) is 0 Å². The monoisotopic (exact) mass is 219 g/mol. The van der Waals surface area contributed by atoms with E-state index in [4.69, 9.17) is 0 Å². The molecule has 0 bridgehead atoms. The van der Waals surface area contributed by atoms with E-state index in [9.17, 15) is 0 Å². The lowest BCUT2D eigenvalue weighted by Crippen LogP contribution is -2.25. The molecule has 1 heterocycles. The molecule has 1 aliphatic heterocycles. The zero-order valence-electron chi connectivity index (χ0n) is 11.4. The lowest BCUT2D eigenvalue weighted by Gasteiger charge is -2.15. The molecule has 2 fully saturated rings. The van der Waals surface area contributed by atoms with Gasteiger partial charge in [0.1, 0.15) is 0 Å². The molecule has 16 heavy (non-hydrogen) atoms. The Hall–Kier alpha value is -0.480. The van der Waals surface area contributed by atoms with Crippen molar-refractivity contribution in [2.24, 2.45) is 16.7 Å². The first-order chi connectivity index (χ1) is 7.32. The van der Waals surface area contributed by atoms with Gasteiger partial charge in [-0.2, -0.15) is 0 Å². The normalized spacial score (nSPS) is 33.3. The first kappa shape index (κ1) is 12.0. The quantitative estimate of drug-likeness (QED) is 0.612. The first-order valence-corrected chi connectivity index (χ1v) is 6.59. The highest BCUT2D eigenvalue weighted by atomic mass is 15.2. The lowest BCUT2D eigenvalue weighted by molar-refractivity contribution is 0.288. The van der Waals surface area contributed by atoms with Crippen molar-refractivity contribution in [3.63, 3.8) is 0 Å². The third-order valence-electron chi connectivity index (χ3n) is 3.91. The number of rotatable bonds is 1. The van der Waals surface area contributed by atoms with Gasteiger partial charge in [0, 0.05) is 17.4 Å². The van der Waals surface area contributed by atoms with E-state index < -0.39 is 0 Å². The van der Waals surface area contributed by atoms with E-state index in [0.29, 0.717) is 11.3 Å². The Labute approximate surface area is 101 Å². The highest BCUT2D eigenvalue weighted by Crippen LogP contribution is 2.55. The van der Waals surface area contributed by atoms with Crippen molar-refractivity contribution >= 4 is 0 Å². The average molecular weight is 219 g/mol. The maximum atomic E-state index is 3.52. The van der Waals surface area contributed by atoms with E-state index in [1.807, 2.05) is 0 Å². The number of likely N-dealkylation sites (tertiary alicyclic amines) is 1. The van der Waals surface area contributed by atoms with Gasteiger partial charge in [-0.3, -0.25) is 4.90 Å². The topological polar surface area (TPSA) is 3.24 Å². The summed E-state index contributed by atoms with van der Waals surface area (Å²) in [7, 11) is 0. The Morgan fingerprint density at radius 1 is 1.12 bits per heavy atom. The minimum absolute atomic E-state index is 0.147. The van der Waals surface area contributed by atoms with Gasteiger partial charge in [-0.15, -0.1) is 0 Å². The van der Waals surface area contributed by atoms with Crippen LogP contribution in [0.2, 0.25) is 0 Å². The summed E-state index contributed by atoms with van der Waals surface area (Å²) in [6.45, 7) is 13.9. The predicted molar refractivity (Wildman–Crippen MR) is 69.1 cm³/mol. The summed E-state index contributed by atoms with van der Waals surface area (Å²) < 4.78 is 0. The fourth-order valence-electron chi connectivity index (χ4n) is 2.87. The summed E-state index contributed by atoms with van der Waals surface area (Å²) in [5, 5.41) is 0. The van der Waals surface area contributed by atoms with Crippen LogP contribution >= 0.6 is 0 Å². The fourth-order valence-corrected chi connectivity index (χ4v) is 2.87. The standard InChI is InChI=1S/C15H25N/c1-14(2,3)9-8-12-13(15(12,4)5)16-10-6-7-11-16/h12-13H,6-7,10-11H2,1-5H3. The molecular weight excluding hydrogens is 194 g/mol. The number of hydrogen-bond donors (Lipinski definition) is 0. The van der Waals surface area contributed by atoms with Gasteiger partial charge in [-0.25, -0.2) is 0 Å². The summed E-state index contributed by atoms with van der Waals surface area (Å²) in [6, 6.07) is 0.727. The summed E-state index contributed by atoms with van der Waals surface area (Å²) >= 11 is 0. The second-order valence-corrected chi connectivity index (χ2v) is 7.01. The van der Waals surface area contributed by atoms with E-state index in [2.05, 4.69) is 51.4 Å². The fraction of sp³-hybridized carbons (Fsp3) is 0.867. The molecule has 0 N–H and O–H groups in total. The second kappa shape index (κ2) is 3.77. The van der Waals surface area contributed by atoms with Crippen molar-refractivity contribution < 1.29 is 0 Å². The Morgan fingerprint density at radius 3 is 2.19 bits per heavy atom. The van der Waals surface area contributed by atoms with Gasteiger partial charge in [0.05, 0.1) is 0 Å². The summed E-state index contributed by atoms with van der Waals surface area (Å²) in [5.74, 6) is 7.54. The summed E-state index contributed by atoms with van der Waals surface area (Å²) in [5.41, 5.74) is 0.566. The van der Waals surface area contributed by atoms with Gasteiger partial charge in [0.15, 0.2) is 0 Å². The third-order valence-corrected chi connectivity index (χ3v) is 3.91. The maximum Gasteiger partial charge on any atom is 0.0430 e. The van der Waals surface area contributed by atoms with Crippen LogP contribution in [0.1, 0.15) is 47.5 Å². The molecule has 1 aliphatic carbocycles. The molecular formula is C15H25N. The van der Waals surface area contributed by atoms with Crippen LogP contribution in [0.4, 0.5) is 0 Å². The molecule has 0 aromatic heterocycles. The molecule has 0 aromatic rings. The van der Waals surface area contributed by atoms with Gasteiger partial charge in [0.25, 0.3) is 0 Å². The minimum atomic E-state index is 0.147. The molecule has 90 valence electrons. The van der Waals surface area contributed by atoms with E-state index in [1.165, 1.54) is 25.9 Å². The molecule has 0 spiro atoms.